The second-order valence-electron chi connectivity index (χ2n) is 6.25. The van der Waals surface area contributed by atoms with Gasteiger partial charge in [0.1, 0.15) is 23.2 Å². The van der Waals surface area contributed by atoms with Gasteiger partial charge >= 0.3 is 0 Å². The van der Waals surface area contributed by atoms with Gasteiger partial charge in [0, 0.05) is 17.8 Å². The molecule has 0 radical (unpaired) electrons. The lowest BCUT2D eigenvalue weighted by Gasteiger charge is -2.23. The SMILES string of the molecule is CCOc1ccc(Nc2cc(NC3CCCCC3)nc(C)n2)cc1. The number of aromatic nitrogens is 2. The lowest BCUT2D eigenvalue weighted by molar-refractivity contribution is 0.340. The van der Waals surface area contributed by atoms with Gasteiger partial charge in [0.05, 0.1) is 6.61 Å². The van der Waals surface area contributed by atoms with Crippen LogP contribution >= 0.6 is 0 Å². The van der Waals surface area contributed by atoms with Crippen molar-refractivity contribution < 1.29 is 4.74 Å². The molecule has 0 bridgehead atoms. The van der Waals surface area contributed by atoms with Crippen molar-refractivity contribution in [2.75, 3.05) is 17.2 Å². The molecule has 1 heterocycles. The van der Waals surface area contributed by atoms with E-state index in [0.29, 0.717) is 12.6 Å². The molecule has 5 nitrogen and oxygen atoms in total. The average molecular weight is 326 g/mol. The van der Waals surface area contributed by atoms with Crippen molar-refractivity contribution in [3.63, 3.8) is 0 Å². The lowest BCUT2D eigenvalue weighted by Crippen LogP contribution is -2.23. The van der Waals surface area contributed by atoms with Crippen molar-refractivity contribution in [2.45, 2.75) is 52.0 Å². The maximum atomic E-state index is 5.47. The van der Waals surface area contributed by atoms with Gasteiger partial charge in [-0.1, -0.05) is 19.3 Å². The molecule has 0 unspecified atom stereocenters. The fourth-order valence-corrected chi connectivity index (χ4v) is 3.11. The first kappa shape index (κ1) is 16.6. The number of benzene rings is 1. The van der Waals surface area contributed by atoms with Gasteiger partial charge in [-0.2, -0.15) is 0 Å². The van der Waals surface area contributed by atoms with E-state index in [0.717, 1.165) is 28.9 Å². The summed E-state index contributed by atoms with van der Waals surface area (Å²) in [5.74, 6) is 3.36. The molecule has 0 saturated heterocycles. The minimum Gasteiger partial charge on any atom is -0.494 e. The molecule has 0 amide bonds. The van der Waals surface area contributed by atoms with Crippen molar-refractivity contribution in [1.82, 2.24) is 9.97 Å². The van der Waals surface area contributed by atoms with Crippen LogP contribution in [0.4, 0.5) is 17.3 Å². The van der Waals surface area contributed by atoms with Gasteiger partial charge < -0.3 is 15.4 Å². The van der Waals surface area contributed by atoms with Crippen LogP contribution < -0.4 is 15.4 Å². The minimum absolute atomic E-state index is 0.534. The van der Waals surface area contributed by atoms with Crippen LogP contribution in [-0.2, 0) is 0 Å². The first-order valence-electron chi connectivity index (χ1n) is 8.85. The quantitative estimate of drug-likeness (QED) is 0.807. The molecular formula is C19H26N4O. The Hall–Kier alpha value is -2.30. The molecule has 1 aromatic heterocycles. The topological polar surface area (TPSA) is 59.1 Å². The first-order valence-corrected chi connectivity index (χ1v) is 8.85. The summed E-state index contributed by atoms with van der Waals surface area (Å²) >= 11 is 0. The summed E-state index contributed by atoms with van der Waals surface area (Å²) in [7, 11) is 0. The van der Waals surface area contributed by atoms with E-state index in [9.17, 15) is 0 Å². The summed E-state index contributed by atoms with van der Waals surface area (Å²) in [6.07, 6.45) is 6.42. The Balaban J connectivity index is 1.68. The molecule has 1 aliphatic carbocycles. The molecule has 2 aromatic rings. The number of nitrogens with zero attached hydrogens (tertiary/aromatic N) is 2. The van der Waals surface area contributed by atoms with Crippen LogP contribution in [0.5, 0.6) is 5.75 Å². The zero-order valence-electron chi connectivity index (χ0n) is 14.5. The number of aryl methyl sites for hydroxylation is 1. The van der Waals surface area contributed by atoms with Gasteiger partial charge in [-0.05, 0) is 51.0 Å². The smallest absolute Gasteiger partial charge is 0.136 e. The zero-order chi connectivity index (χ0) is 16.8. The Labute approximate surface area is 143 Å². The summed E-state index contributed by atoms with van der Waals surface area (Å²) in [5.41, 5.74) is 0.986. The normalized spacial score (nSPS) is 15.1. The fourth-order valence-electron chi connectivity index (χ4n) is 3.11. The van der Waals surface area contributed by atoms with Gasteiger partial charge in [-0.15, -0.1) is 0 Å². The van der Waals surface area contributed by atoms with E-state index >= 15 is 0 Å². The molecule has 1 saturated carbocycles. The minimum atomic E-state index is 0.534. The molecule has 3 rings (SSSR count). The highest BCUT2D eigenvalue weighted by Crippen LogP contribution is 2.23. The number of ether oxygens (including phenoxy) is 1. The molecular weight excluding hydrogens is 300 g/mol. The number of anilines is 3. The number of hydrogen-bond acceptors (Lipinski definition) is 5. The van der Waals surface area contributed by atoms with E-state index in [4.69, 9.17) is 4.74 Å². The summed E-state index contributed by atoms with van der Waals surface area (Å²) in [6, 6.07) is 10.4. The summed E-state index contributed by atoms with van der Waals surface area (Å²) < 4.78 is 5.47. The Kier molecular flexibility index (Phi) is 5.51. The molecule has 0 spiro atoms. The van der Waals surface area contributed by atoms with E-state index in [1.807, 2.05) is 44.2 Å². The van der Waals surface area contributed by atoms with Crippen LogP contribution in [0, 0.1) is 6.92 Å². The van der Waals surface area contributed by atoms with Crippen LogP contribution in [0.25, 0.3) is 0 Å². The largest absolute Gasteiger partial charge is 0.494 e. The van der Waals surface area contributed by atoms with Gasteiger partial charge in [0.2, 0.25) is 0 Å². The number of hydrogen-bond donors (Lipinski definition) is 2. The molecule has 24 heavy (non-hydrogen) atoms. The molecule has 0 atom stereocenters. The van der Waals surface area contributed by atoms with E-state index in [2.05, 4.69) is 20.6 Å². The van der Waals surface area contributed by atoms with Gasteiger partial charge in [-0.3, -0.25) is 0 Å². The number of nitrogens with one attached hydrogen (secondary N) is 2. The summed E-state index contributed by atoms with van der Waals surface area (Å²) in [4.78, 5) is 9.01. The molecule has 1 aliphatic rings. The zero-order valence-corrected chi connectivity index (χ0v) is 14.5. The number of rotatable bonds is 6. The third kappa shape index (κ3) is 4.60. The van der Waals surface area contributed by atoms with Crippen LogP contribution in [0.2, 0.25) is 0 Å². The maximum Gasteiger partial charge on any atom is 0.136 e. The van der Waals surface area contributed by atoms with Crippen molar-refractivity contribution in [1.29, 1.82) is 0 Å². The van der Waals surface area contributed by atoms with Crippen molar-refractivity contribution >= 4 is 17.3 Å². The highest BCUT2D eigenvalue weighted by molar-refractivity contribution is 5.60. The van der Waals surface area contributed by atoms with Gasteiger partial charge in [0.15, 0.2) is 0 Å². The molecule has 1 aromatic carbocycles. The van der Waals surface area contributed by atoms with E-state index < -0.39 is 0 Å². The van der Waals surface area contributed by atoms with Crippen molar-refractivity contribution in [2.24, 2.45) is 0 Å². The molecule has 2 N–H and O–H groups in total. The van der Waals surface area contributed by atoms with Crippen LogP contribution in [-0.4, -0.2) is 22.6 Å². The van der Waals surface area contributed by atoms with Crippen molar-refractivity contribution in [3.8, 4) is 5.75 Å². The van der Waals surface area contributed by atoms with E-state index in [-0.39, 0.29) is 0 Å². The first-order chi connectivity index (χ1) is 11.7. The van der Waals surface area contributed by atoms with Crippen LogP contribution in [0.15, 0.2) is 30.3 Å². The third-order valence-corrected chi connectivity index (χ3v) is 4.23. The van der Waals surface area contributed by atoms with Crippen molar-refractivity contribution in [3.05, 3.63) is 36.2 Å². The fraction of sp³-hybridized carbons (Fsp3) is 0.474. The molecule has 1 fully saturated rings. The lowest BCUT2D eigenvalue weighted by atomic mass is 9.95. The highest BCUT2D eigenvalue weighted by Gasteiger charge is 2.14. The second kappa shape index (κ2) is 7.99. The van der Waals surface area contributed by atoms with Gasteiger partial charge in [-0.25, -0.2) is 9.97 Å². The maximum absolute atomic E-state index is 5.47. The Morgan fingerprint density at radius 1 is 1.04 bits per heavy atom. The molecule has 0 aliphatic heterocycles. The standard InChI is InChI=1S/C19H26N4O/c1-3-24-17-11-9-16(10-12-17)23-19-13-18(20-14(2)21-19)22-15-7-5-4-6-8-15/h9-13,15H,3-8H2,1-2H3,(H2,20,21,22,23). The second-order valence-corrected chi connectivity index (χ2v) is 6.25. The molecule has 5 heteroatoms. The Morgan fingerprint density at radius 2 is 1.75 bits per heavy atom. The van der Waals surface area contributed by atoms with Crippen LogP contribution in [0.1, 0.15) is 44.9 Å². The highest BCUT2D eigenvalue weighted by atomic mass is 16.5. The van der Waals surface area contributed by atoms with E-state index in [1.54, 1.807) is 0 Å². The van der Waals surface area contributed by atoms with E-state index in [1.165, 1.54) is 32.1 Å². The monoisotopic (exact) mass is 326 g/mol. The predicted molar refractivity (Wildman–Crippen MR) is 98.2 cm³/mol. The average Bonchev–Trinajstić information content (AvgIpc) is 2.57. The summed E-state index contributed by atoms with van der Waals surface area (Å²) in [5, 5.41) is 6.91. The third-order valence-electron chi connectivity index (χ3n) is 4.23. The Morgan fingerprint density at radius 3 is 2.46 bits per heavy atom. The summed E-state index contributed by atoms with van der Waals surface area (Å²) in [6.45, 7) is 4.58. The van der Waals surface area contributed by atoms with Gasteiger partial charge in [0.25, 0.3) is 0 Å². The Bertz CT molecular complexity index is 651. The van der Waals surface area contributed by atoms with Crippen LogP contribution in [0.3, 0.4) is 0 Å². The predicted octanol–water partition coefficient (Wildman–Crippen LogP) is 4.67. The molecule has 128 valence electrons.